The van der Waals surface area contributed by atoms with E-state index in [2.05, 4.69) is 13.8 Å². The van der Waals surface area contributed by atoms with Gasteiger partial charge in [0.25, 0.3) is 0 Å². The average Bonchev–Trinajstić information content (AvgIpc) is 1.82. The highest BCUT2D eigenvalue weighted by molar-refractivity contribution is 5.66. The molecule has 1 atom stereocenters. The normalized spacial score (nSPS) is 12.7. The third kappa shape index (κ3) is 5.60. The fourth-order valence-corrected chi connectivity index (χ4v) is 0.666. The van der Waals surface area contributed by atoms with Crippen LogP contribution in [0, 0.1) is 13.8 Å². The number of ether oxygens (including phenoxy) is 1. The van der Waals surface area contributed by atoms with Crippen molar-refractivity contribution in [3.05, 3.63) is 13.8 Å². The summed E-state index contributed by atoms with van der Waals surface area (Å²) in [4.78, 5) is 10.3. The molecule has 0 bridgehead atoms. The highest BCUT2D eigenvalue weighted by Crippen LogP contribution is 2.02. The Morgan fingerprint density at radius 1 is 1.70 bits per heavy atom. The summed E-state index contributed by atoms with van der Waals surface area (Å²) >= 11 is 0. The van der Waals surface area contributed by atoms with Crippen LogP contribution in [0.2, 0.25) is 0 Å². The maximum Gasteiger partial charge on any atom is 0.302 e. The lowest BCUT2D eigenvalue weighted by Gasteiger charge is -2.09. The van der Waals surface area contributed by atoms with Gasteiger partial charge in [0.2, 0.25) is 0 Å². The number of carbonyl (C=O) groups excluding carboxylic acids is 1. The molecule has 0 N–H and O–H groups in total. The van der Waals surface area contributed by atoms with E-state index < -0.39 is 0 Å². The molecule has 10 heavy (non-hydrogen) atoms. The Balaban J connectivity index is 3.25. The first-order chi connectivity index (χ1) is 4.66. The standard InChI is InChI=1S/C8H14O2/c1-4-5-6-7(2)10-8(3)9/h7H,1-2,4-6H2,3H3. The highest BCUT2D eigenvalue weighted by atomic mass is 16.5. The van der Waals surface area contributed by atoms with E-state index in [1.54, 1.807) is 0 Å². The minimum Gasteiger partial charge on any atom is -0.463 e. The number of hydrogen-bond acceptors (Lipinski definition) is 2. The Morgan fingerprint density at radius 2 is 2.30 bits per heavy atom. The van der Waals surface area contributed by atoms with Crippen LogP contribution < -0.4 is 0 Å². The third-order valence-corrected chi connectivity index (χ3v) is 1.11. The van der Waals surface area contributed by atoms with Crippen LogP contribution >= 0.6 is 0 Å². The lowest BCUT2D eigenvalue weighted by Crippen LogP contribution is -2.11. The zero-order valence-electron chi connectivity index (χ0n) is 6.43. The Hall–Kier alpha value is -0.530. The average molecular weight is 142 g/mol. The Bertz CT molecular complexity index is 99.4. The van der Waals surface area contributed by atoms with E-state index in [9.17, 15) is 4.79 Å². The van der Waals surface area contributed by atoms with E-state index >= 15 is 0 Å². The van der Waals surface area contributed by atoms with Crippen molar-refractivity contribution in [2.24, 2.45) is 0 Å². The Labute approximate surface area is 62.6 Å². The van der Waals surface area contributed by atoms with E-state index in [-0.39, 0.29) is 12.1 Å². The van der Waals surface area contributed by atoms with Crippen molar-refractivity contribution in [1.82, 2.24) is 0 Å². The lowest BCUT2D eigenvalue weighted by atomic mass is 10.2. The van der Waals surface area contributed by atoms with Gasteiger partial charge in [-0.25, -0.2) is 0 Å². The summed E-state index contributed by atoms with van der Waals surface area (Å²) in [5.41, 5.74) is 0. The van der Waals surface area contributed by atoms with E-state index in [0.717, 1.165) is 19.3 Å². The molecule has 0 aromatic carbocycles. The number of unbranched alkanes of at least 4 members (excludes halogenated alkanes) is 1. The SMILES string of the molecule is [CH2]CCCC([CH2])OC(C)=O. The molecule has 0 spiro atoms. The number of esters is 1. The molecule has 2 heteroatoms. The van der Waals surface area contributed by atoms with Gasteiger partial charge in [-0.1, -0.05) is 13.3 Å². The molecule has 1 unspecified atom stereocenters. The van der Waals surface area contributed by atoms with Crippen molar-refractivity contribution < 1.29 is 9.53 Å². The van der Waals surface area contributed by atoms with Crippen LogP contribution in [0.1, 0.15) is 26.2 Å². The van der Waals surface area contributed by atoms with Gasteiger partial charge in [-0.2, -0.15) is 0 Å². The molecule has 0 aliphatic heterocycles. The summed E-state index contributed by atoms with van der Waals surface area (Å²) in [6, 6.07) is 0. The fourth-order valence-electron chi connectivity index (χ4n) is 0.666. The van der Waals surface area contributed by atoms with Crippen LogP contribution in [0.25, 0.3) is 0 Å². The van der Waals surface area contributed by atoms with Gasteiger partial charge in [0.15, 0.2) is 0 Å². The molecule has 0 amide bonds. The highest BCUT2D eigenvalue weighted by Gasteiger charge is 2.02. The quantitative estimate of drug-likeness (QED) is 0.559. The van der Waals surface area contributed by atoms with Crippen molar-refractivity contribution in [2.45, 2.75) is 32.3 Å². The maximum absolute atomic E-state index is 10.3. The zero-order valence-corrected chi connectivity index (χ0v) is 6.43. The van der Waals surface area contributed by atoms with E-state index in [0.29, 0.717) is 0 Å². The number of hydrogen-bond donors (Lipinski definition) is 0. The van der Waals surface area contributed by atoms with Crippen LogP contribution in [0.4, 0.5) is 0 Å². The zero-order chi connectivity index (χ0) is 7.98. The molecule has 0 saturated heterocycles. The smallest absolute Gasteiger partial charge is 0.302 e. The van der Waals surface area contributed by atoms with Gasteiger partial charge in [-0.3, -0.25) is 4.79 Å². The van der Waals surface area contributed by atoms with Gasteiger partial charge in [0.1, 0.15) is 6.10 Å². The molecule has 2 nitrogen and oxygen atoms in total. The molecular weight excluding hydrogens is 128 g/mol. The number of carbonyl (C=O) groups is 1. The van der Waals surface area contributed by atoms with Crippen molar-refractivity contribution in [3.63, 3.8) is 0 Å². The van der Waals surface area contributed by atoms with Gasteiger partial charge >= 0.3 is 5.97 Å². The van der Waals surface area contributed by atoms with Crippen molar-refractivity contribution in [2.75, 3.05) is 0 Å². The van der Waals surface area contributed by atoms with Gasteiger partial charge in [-0.05, 0) is 19.8 Å². The fraction of sp³-hybridized carbons (Fsp3) is 0.625. The van der Waals surface area contributed by atoms with Crippen LogP contribution in [-0.2, 0) is 9.53 Å². The summed E-state index contributed by atoms with van der Waals surface area (Å²) in [5.74, 6) is -0.260. The second-order valence-electron chi connectivity index (χ2n) is 2.23. The first-order valence-corrected chi connectivity index (χ1v) is 3.46. The van der Waals surface area contributed by atoms with Gasteiger partial charge in [0.05, 0.1) is 0 Å². The molecule has 0 aromatic heterocycles. The second kappa shape index (κ2) is 5.27. The first kappa shape index (κ1) is 9.47. The third-order valence-electron chi connectivity index (χ3n) is 1.11. The Morgan fingerprint density at radius 3 is 2.70 bits per heavy atom. The first-order valence-electron chi connectivity index (χ1n) is 3.46. The molecule has 0 heterocycles. The predicted octanol–water partition coefficient (Wildman–Crippen LogP) is 1.76. The predicted molar refractivity (Wildman–Crippen MR) is 40.1 cm³/mol. The van der Waals surface area contributed by atoms with E-state index in [4.69, 9.17) is 4.74 Å². The van der Waals surface area contributed by atoms with E-state index in [1.807, 2.05) is 0 Å². The number of rotatable bonds is 4. The van der Waals surface area contributed by atoms with Crippen molar-refractivity contribution >= 4 is 5.97 Å². The molecular formula is C8H14O2. The molecule has 0 rings (SSSR count). The summed E-state index contributed by atoms with van der Waals surface area (Å²) in [7, 11) is 0. The molecule has 0 aliphatic rings. The van der Waals surface area contributed by atoms with Crippen LogP contribution in [0.5, 0.6) is 0 Å². The summed E-state index contributed by atoms with van der Waals surface area (Å²) in [5, 5.41) is 0. The van der Waals surface area contributed by atoms with E-state index in [1.165, 1.54) is 6.92 Å². The van der Waals surface area contributed by atoms with Gasteiger partial charge in [-0.15, -0.1) is 0 Å². The Kier molecular flexibility index (Phi) is 4.99. The van der Waals surface area contributed by atoms with Crippen molar-refractivity contribution in [1.29, 1.82) is 0 Å². The van der Waals surface area contributed by atoms with Crippen LogP contribution in [0.3, 0.4) is 0 Å². The largest absolute Gasteiger partial charge is 0.463 e. The molecule has 0 fully saturated rings. The molecule has 0 aromatic rings. The maximum atomic E-state index is 10.3. The summed E-state index contributed by atoms with van der Waals surface area (Å²) in [6.45, 7) is 8.70. The molecule has 0 aliphatic carbocycles. The topological polar surface area (TPSA) is 26.3 Å². The second-order valence-corrected chi connectivity index (χ2v) is 2.23. The van der Waals surface area contributed by atoms with Crippen molar-refractivity contribution in [3.8, 4) is 0 Å². The van der Waals surface area contributed by atoms with Gasteiger partial charge in [0, 0.05) is 6.92 Å². The van der Waals surface area contributed by atoms with Crippen LogP contribution in [-0.4, -0.2) is 12.1 Å². The monoisotopic (exact) mass is 142 g/mol. The summed E-state index contributed by atoms with van der Waals surface area (Å²) < 4.78 is 4.77. The minimum atomic E-state index is -0.260. The lowest BCUT2D eigenvalue weighted by molar-refractivity contribution is -0.144. The van der Waals surface area contributed by atoms with Crippen LogP contribution in [0.15, 0.2) is 0 Å². The minimum absolute atomic E-state index is 0.195. The molecule has 58 valence electrons. The van der Waals surface area contributed by atoms with Gasteiger partial charge < -0.3 is 4.74 Å². The summed E-state index contributed by atoms with van der Waals surface area (Å²) in [6.07, 6.45) is 2.44. The molecule has 2 radical (unpaired) electrons. The molecule has 0 saturated carbocycles.